The Morgan fingerprint density at radius 1 is 0.307 bits per heavy atom. The van der Waals surface area contributed by atoms with E-state index in [9.17, 15) is 47.1 Å². The molecule has 0 unspecified atom stereocenters. The Morgan fingerprint density at radius 3 is 0.993 bits per heavy atom. The number of aryl methyl sites for hydroxylation is 1. The second-order valence-electron chi connectivity index (χ2n) is 50.0. The van der Waals surface area contributed by atoms with Crippen molar-refractivity contribution in [2.75, 3.05) is 39.6 Å². The lowest BCUT2D eigenvalue weighted by Gasteiger charge is -2.20. The van der Waals surface area contributed by atoms with Crippen LogP contribution in [0, 0.1) is 87.6 Å². The molecule has 0 fully saturated rings. The van der Waals surface area contributed by atoms with E-state index in [4.69, 9.17) is 51.6 Å². The predicted molar refractivity (Wildman–Crippen MR) is 545 cm³/mol. The van der Waals surface area contributed by atoms with Gasteiger partial charge in [0.2, 0.25) is 17.3 Å². The third-order valence-corrected chi connectivity index (χ3v) is 20.0. The molecule has 137 heavy (non-hydrogen) atoms. The van der Waals surface area contributed by atoms with Gasteiger partial charge in [-0.2, -0.15) is 9.37 Å². The zero-order valence-corrected chi connectivity index (χ0v) is 92.6. The van der Waals surface area contributed by atoms with Gasteiger partial charge in [-0.05, 0) is 88.9 Å². The molecule has 0 saturated heterocycles. The quantitative estimate of drug-likeness (QED) is 0.0341. The number of hydrogen-bond donors (Lipinski definition) is 0. The Kier molecular flexibility index (Phi) is 47.8. The van der Waals surface area contributed by atoms with E-state index in [1.54, 1.807) is 76.8 Å². The number of carbonyl (C=O) groups is 7. The first-order chi connectivity index (χ1) is 61.7. The van der Waals surface area contributed by atoms with Crippen molar-refractivity contribution in [1.82, 2.24) is 54.4 Å². The fourth-order valence-corrected chi connectivity index (χ4v) is 10.5. The van der Waals surface area contributed by atoms with Gasteiger partial charge in [0.05, 0.1) is 82.4 Å². The summed E-state index contributed by atoms with van der Waals surface area (Å²) in [5.41, 5.74) is -0.515. The molecule has 25 nitrogen and oxygen atoms in total. The van der Waals surface area contributed by atoms with E-state index in [0.29, 0.717) is 91.3 Å². The van der Waals surface area contributed by atoms with Crippen LogP contribution in [0.3, 0.4) is 0 Å². The van der Waals surface area contributed by atoms with Crippen LogP contribution in [0.15, 0.2) is 84.8 Å². The summed E-state index contributed by atoms with van der Waals surface area (Å²) in [6.45, 7) is 87.1. The number of pyridine rings is 3. The number of ketones is 7. The van der Waals surface area contributed by atoms with Crippen LogP contribution in [-0.2, 0) is 6.54 Å². The molecule has 7 aromatic heterocycles. The highest BCUT2D eigenvalue weighted by Gasteiger charge is 2.33. The van der Waals surface area contributed by atoms with Gasteiger partial charge >= 0.3 is 6.01 Å². The van der Waals surface area contributed by atoms with Gasteiger partial charge in [0, 0.05) is 86.8 Å². The van der Waals surface area contributed by atoms with Gasteiger partial charge in [0.15, 0.2) is 74.6 Å². The highest BCUT2D eigenvalue weighted by molar-refractivity contribution is 6.32. The molecule has 0 amide bonds. The van der Waals surface area contributed by atoms with E-state index in [1.165, 1.54) is 43.1 Å². The summed E-state index contributed by atoms with van der Waals surface area (Å²) in [6, 6.07) is 6.48. The number of ether oxygens (including phenoxy) is 6. The summed E-state index contributed by atoms with van der Waals surface area (Å²) in [5, 5.41) is 0.617. The molecular formula is C108H167Cl2F2N11O14. The van der Waals surface area contributed by atoms with Gasteiger partial charge in [0.1, 0.15) is 22.2 Å². The topological polar surface area (TPSA) is 326 Å². The van der Waals surface area contributed by atoms with Crippen molar-refractivity contribution in [3.63, 3.8) is 0 Å². The van der Waals surface area contributed by atoms with Crippen LogP contribution in [0.1, 0.15) is 409 Å². The first-order valence-corrected chi connectivity index (χ1v) is 47.8. The molecule has 0 aliphatic rings. The fourth-order valence-electron chi connectivity index (χ4n) is 10.2. The molecule has 0 bridgehead atoms. The first-order valence-electron chi connectivity index (χ1n) is 47.0. The number of carbonyl (C=O) groups excluding carboxylic acids is 7. The highest BCUT2D eigenvalue weighted by Crippen LogP contribution is 2.34. The largest absolute Gasteiger partial charge is 0.492 e. The number of aromatic nitrogens is 11. The van der Waals surface area contributed by atoms with Crippen LogP contribution < -0.4 is 34.0 Å². The van der Waals surface area contributed by atoms with Crippen LogP contribution in [-0.4, -0.2) is 135 Å². The molecule has 0 aromatic carbocycles. The third-order valence-electron chi connectivity index (χ3n) is 19.4. The van der Waals surface area contributed by atoms with Crippen LogP contribution in [0.5, 0.6) is 34.8 Å². The predicted octanol–water partition coefficient (Wildman–Crippen LogP) is 27.4. The van der Waals surface area contributed by atoms with Crippen molar-refractivity contribution in [2.24, 2.45) is 75.8 Å². The molecule has 0 spiro atoms. The maximum Gasteiger partial charge on any atom is 0.316 e. The molecule has 0 radical (unpaired) electrons. The number of nitrogens with zero attached hydrogens (tertiary/aromatic N) is 11. The van der Waals surface area contributed by atoms with Crippen molar-refractivity contribution in [3.8, 4) is 34.8 Å². The van der Waals surface area contributed by atoms with Crippen LogP contribution in [0.25, 0.3) is 0 Å². The highest BCUT2D eigenvalue weighted by atomic mass is 35.5. The zero-order valence-electron chi connectivity index (χ0n) is 91.1. The first kappa shape index (κ1) is 126. The molecule has 29 heteroatoms. The van der Waals surface area contributed by atoms with E-state index >= 15 is 0 Å². The zero-order chi connectivity index (χ0) is 106. The Morgan fingerprint density at radius 2 is 0.620 bits per heavy atom. The van der Waals surface area contributed by atoms with Crippen molar-refractivity contribution >= 4 is 63.7 Å². The average molecular weight is 1950 g/mol. The molecule has 0 aliphatic carbocycles. The monoisotopic (exact) mass is 1950 g/mol. The van der Waals surface area contributed by atoms with Gasteiger partial charge in [0.25, 0.3) is 11.5 Å². The van der Waals surface area contributed by atoms with Gasteiger partial charge in [-0.1, -0.05) is 314 Å². The maximum absolute atomic E-state index is 13.8. The van der Waals surface area contributed by atoms with E-state index in [0.717, 1.165) is 51.1 Å². The maximum atomic E-state index is 13.8. The normalized spacial score (nSPS) is 12.4. The lowest BCUT2D eigenvalue weighted by Crippen LogP contribution is -2.26. The second-order valence-corrected chi connectivity index (χ2v) is 50.7. The number of rotatable bonds is 27. The molecule has 7 heterocycles. The summed E-state index contributed by atoms with van der Waals surface area (Å²) in [5.74, 6) is 0.0299. The SMILES string of the molecule is CC(C)(C)CCOc1cc(C(=O)C(C)(C)C)ncc1Cl.CC(C)(C)CCOc1cc(C(=O)C(C)(C)C)ncc1F.CC(C)(C)CCOc1cnc(C(=O)C(C)(C)C)nc1.CC(C)(C)CCOc1cnc(C(=O)C(C)(C)C)nc1Cl.CC(C)(C)CCOc1cnc(C(=O)C(C)(C)C)nc1F.CC(C)(C)CCOc1ncc(C(=O)C(C)(C)C)cn1.CC(C)(C)CCn1cc(C(=O)C(C)(C)C)ccc1=O. The molecule has 7 rings (SSSR count). The van der Waals surface area contributed by atoms with E-state index in [-0.39, 0.29) is 124 Å². The summed E-state index contributed by atoms with van der Waals surface area (Å²) >= 11 is 12.1. The van der Waals surface area contributed by atoms with Crippen molar-refractivity contribution < 1.29 is 70.8 Å². The molecule has 0 saturated carbocycles. The Labute approximate surface area is 828 Å². The fraction of sp³-hybridized carbons (Fsp3) is 0.648. The lowest BCUT2D eigenvalue weighted by atomic mass is 9.87. The van der Waals surface area contributed by atoms with Crippen molar-refractivity contribution in [2.45, 2.75) is 342 Å². The summed E-state index contributed by atoms with van der Waals surface area (Å²) < 4.78 is 62.1. The summed E-state index contributed by atoms with van der Waals surface area (Å²) in [6.07, 6.45) is 19.3. The standard InChI is InChI=1S/C16H24ClNO2.C16H24FNO2.C16H25NO2.C15H23ClN2O2.C15H23FN2O2.2C15H24N2O2/c2*1-15(2,3)7-8-20-13-9-12(18-10-11(13)17)14(19)16(4,5)6;1-15(2,3)9-10-17-11-12(7-8-13(17)18)14(19)16(4,5)6;2*1-14(2,3)7-8-20-10-9-17-13(18-12(10)16)11(19)15(4,5)6;1-14(2,3)7-8-19-11-9-16-13(17-10-11)12(18)15(4,5)6;1-14(2,3)7-8-19-13-16-9-11(10-17-13)12(18)15(4,5)6/h2*9-10H,7-8H2,1-6H3;7-8,11H,9-10H2,1-6H3;2*9H,7-8H2,1-6H3;2*9-10H,7-8H2,1-6H3. The lowest BCUT2D eigenvalue weighted by molar-refractivity contribution is 0.0839. The molecule has 0 aliphatic heterocycles. The Balaban J connectivity index is 0.000000799. The number of Topliss-reactive ketones (excluding diaryl/α,β-unsaturated/α-hetero) is 7. The summed E-state index contributed by atoms with van der Waals surface area (Å²) in [7, 11) is 0. The smallest absolute Gasteiger partial charge is 0.316 e. The van der Waals surface area contributed by atoms with Gasteiger partial charge in [-0.15, -0.1) is 0 Å². The van der Waals surface area contributed by atoms with Crippen LogP contribution in [0.2, 0.25) is 10.2 Å². The number of hydrogen-bond acceptors (Lipinski definition) is 24. The van der Waals surface area contributed by atoms with Gasteiger partial charge < -0.3 is 33.0 Å². The molecule has 7 aromatic rings. The summed E-state index contributed by atoms with van der Waals surface area (Å²) in [4.78, 5) is 136. The van der Waals surface area contributed by atoms with Crippen molar-refractivity contribution in [3.05, 3.63) is 152 Å². The minimum atomic E-state index is -0.790. The Hall–Kier alpha value is -9.50. The second kappa shape index (κ2) is 52.1. The molecule has 0 atom stereocenters. The Bertz CT molecular complexity index is 4830. The van der Waals surface area contributed by atoms with E-state index < -0.39 is 49.7 Å². The van der Waals surface area contributed by atoms with Crippen LogP contribution >= 0.6 is 23.2 Å². The van der Waals surface area contributed by atoms with Crippen LogP contribution in [0.4, 0.5) is 8.78 Å². The average Bonchev–Trinajstić information content (AvgIpc) is 0.838. The molecule has 0 N–H and O–H groups in total. The van der Waals surface area contributed by atoms with E-state index in [2.05, 4.69) is 195 Å². The molecule has 766 valence electrons. The van der Waals surface area contributed by atoms with E-state index in [1.807, 2.05) is 104 Å². The molecular weight excluding hydrogens is 1780 g/mol. The van der Waals surface area contributed by atoms with Gasteiger partial charge in [-0.25, -0.2) is 44.3 Å². The van der Waals surface area contributed by atoms with Crippen molar-refractivity contribution in [1.29, 1.82) is 0 Å². The minimum Gasteiger partial charge on any atom is -0.492 e. The minimum absolute atomic E-state index is 0.0142. The third kappa shape index (κ3) is 52.4. The van der Waals surface area contributed by atoms with Gasteiger partial charge in [-0.3, -0.25) is 43.3 Å². The number of halogens is 4.